The highest BCUT2D eigenvalue weighted by Crippen LogP contribution is 2.21. The predicted octanol–water partition coefficient (Wildman–Crippen LogP) is 1.44. The molecule has 0 aliphatic heterocycles. The maximum Gasteiger partial charge on any atom is 0.340 e. The van der Waals surface area contributed by atoms with E-state index in [0.29, 0.717) is 11.0 Å². The van der Waals surface area contributed by atoms with Crippen LogP contribution in [0.15, 0.2) is 39.5 Å². The molecule has 98 valence electrons. The number of hydrogen-bond acceptors (Lipinski definition) is 4. The van der Waals surface area contributed by atoms with Gasteiger partial charge in [-0.15, -0.1) is 0 Å². The van der Waals surface area contributed by atoms with Gasteiger partial charge in [0.1, 0.15) is 5.58 Å². The zero-order chi connectivity index (χ0) is 14.0. The summed E-state index contributed by atoms with van der Waals surface area (Å²) in [6.07, 6.45) is -0.668. The van der Waals surface area contributed by atoms with E-state index >= 15 is 0 Å². The smallest absolute Gasteiger partial charge is 0.340 e. The number of hydrogen-bond donors (Lipinski definition) is 2. The number of aliphatic carboxylic acids is 2. The summed E-state index contributed by atoms with van der Waals surface area (Å²) in [6, 6.07) is 7.98. The molecule has 2 rings (SSSR count). The lowest BCUT2D eigenvalue weighted by atomic mass is 9.96. The van der Waals surface area contributed by atoms with E-state index in [-0.39, 0.29) is 5.56 Å². The second kappa shape index (κ2) is 4.93. The van der Waals surface area contributed by atoms with E-state index in [4.69, 9.17) is 14.6 Å². The fraction of sp³-hybridized carbons (Fsp3) is 0.154. The molecule has 0 saturated carbocycles. The van der Waals surface area contributed by atoms with Gasteiger partial charge < -0.3 is 14.6 Å². The van der Waals surface area contributed by atoms with E-state index < -0.39 is 29.9 Å². The average molecular weight is 262 g/mol. The first-order valence-electron chi connectivity index (χ1n) is 5.46. The molecule has 1 aromatic carbocycles. The van der Waals surface area contributed by atoms with Crippen LogP contribution in [0.25, 0.3) is 11.0 Å². The largest absolute Gasteiger partial charge is 0.481 e. The van der Waals surface area contributed by atoms with Crippen LogP contribution < -0.4 is 5.63 Å². The van der Waals surface area contributed by atoms with E-state index in [0.717, 1.165) is 0 Å². The van der Waals surface area contributed by atoms with Crippen molar-refractivity contribution in [1.82, 2.24) is 0 Å². The Balaban J connectivity index is 2.59. The van der Waals surface area contributed by atoms with Gasteiger partial charge in [-0.1, -0.05) is 18.2 Å². The molecule has 2 aromatic rings. The fourth-order valence-electron chi connectivity index (χ4n) is 1.83. The zero-order valence-corrected chi connectivity index (χ0v) is 9.70. The normalized spacial score (nSPS) is 12.2. The van der Waals surface area contributed by atoms with Crippen LogP contribution in [0.2, 0.25) is 0 Å². The number of fused-ring (bicyclic) bond motifs is 1. The molecule has 0 fully saturated rings. The van der Waals surface area contributed by atoms with E-state index in [9.17, 15) is 14.4 Å². The van der Waals surface area contributed by atoms with Crippen molar-refractivity contribution in [3.8, 4) is 0 Å². The van der Waals surface area contributed by atoms with Crippen LogP contribution in [0.5, 0.6) is 0 Å². The summed E-state index contributed by atoms with van der Waals surface area (Å²) in [4.78, 5) is 33.5. The molecule has 1 aromatic heterocycles. The fourth-order valence-corrected chi connectivity index (χ4v) is 1.83. The molecule has 0 spiro atoms. The second-order valence-corrected chi connectivity index (χ2v) is 4.02. The minimum atomic E-state index is -1.42. The lowest BCUT2D eigenvalue weighted by molar-refractivity contribution is -0.145. The third-order valence-electron chi connectivity index (χ3n) is 2.72. The quantitative estimate of drug-likeness (QED) is 0.807. The molecule has 6 heteroatoms. The van der Waals surface area contributed by atoms with E-state index in [1.54, 1.807) is 24.3 Å². The van der Waals surface area contributed by atoms with E-state index in [2.05, 4.69) is 0 Å². The Hall–Kier alpha value is -2.63. The van der Waals surface area contributed by atoms with Gasteiger partial charge in [-0.25, -0.2) is 4.79 Å². The Kier molecular flexibility index (Phi) is 3.33. The van der Waals surface area contributed by atoms with Gasteiger partial charge in [-0.05, 0) is 12.1 Å². The Bertz CT molecular complexity index is 700. The molecule has 0 aliphatic carbocycles. The molecule has 6 nitrogen and oxygen atoms in total. The molecule has 1 atom stereocenters. The molecule has 0 bridgehead atoms. The first-order chi connectivity index (χ1) is 8.99. The summed E-state index contributed by atoms with van der Waals surface area (Å²) in [6.45, 7) is 0. The minimum absolute atomic E-state index is 0.159. The highest BCUT2D eigenvalue weighted by Gasteiger charge is 2.26. The van der Waals surface area contributed by atoms with Crippen molar-refractivity contribution in [2.45, 2.75) is 12.3 Å². The van der Waals surface area contributed by atoms with Crippen molar-refractivity contribution >= 4 is 22.9 Å². The Morgan fingerprint density at radius 2 is 1.89 bits per heavy atom. The summed E-state index contributed by atoms with van der Waals surface area (Å²) in [5, 5.41) is 18.3. The van der Waals surface area contributed by atoms with Crippen LogP contribution in [-0.2, 0) is 9.59 Å². The van der Waals surface area contributed by atoms with Gasteiger partial charge in [0.25, 0.3) is 0 Å². The monoisotopic (exact) mass is 262 g/mol. The number of rotatable bonds is 4. The molecule has 0 saturated heterocycles. The second-order valence-electron chi connectivity index (χ2n) is 4.02. The maximum atomic E-state index is 11.7. The SMILES string of the molecule is O=C(O)CC(C(=O)O)c1cc2ccccc2oc1=O. The van der Waals surface area contributed by atoms with Crippen molar-refractivity contribution in [2.75, 3.05) is 0 Å². The Morgan fingerprint density at radius 3 is 2.53 bits per heavy atom. The van der Waals surface area contributed by atoms with Crippen molar-refractivity contribution < 1.29 is 24.2 Å². The van der Waals surface area contributed by atoms with Crippen molar-refractivity contribution in [2.24, 2.45) is 0 Å². The Labute approximate surface area is 106 Å². The van der Waals surface area contributed by atoms with Crippen LogP contribution in [0.3, 0.4) is 0 Å². The molecule has 2 N–H and O–H groups in total. The number of carbonyl (C=O) groups is 2. The zero-order valence-electron chi connectivity index (χ0n) is 9.70. The molecule has 19 heavy (non-hydrogen) atoms. The van der Waals surface area contributed by atoms with E-state index in [1.165, 1.54) is 6.07 Å². The summed E-state index contributed by atoms with van der Waals surface area (Å²) < 4.78 is 4.99. The third-order valence-corrected chi connectivity index (χ3v) is 2.72. The van der Waals surface area contributed by atoms with E-state index in [1.807, 2.05) is 0 Å². The maximum absolute atomic E-state index is 11.7. The molecule has 1 heterocycles. The Morgan fingerprint density at radius 1 is 1.21 bits per heavy atom. The van der Waals surface area contributed by atoms with Gasteiger partial charge in [0.15, 0.2) is 0 Å². The molecule has 0 radical (unpaired) electrons. The van der Waals surface area contributed by atoms with Crippen LogP contribution in [0.4, 0.5) is 0 Å². The molecule has 1 unspecified atom stereocenters. The summed E-state index contributed by atoms with van der Waals surface area (Å²) in [5.74, 6) is -4.08. The van der Waals surface area contributed by atoms with Crippen molar-refractivity contribution in [3.05, 3.63) is 46.3 Å². The number of benzene rings is 1. The first kappa shape index (κ1) is 12.8. The molecule has 0 aliphatic rings. The minimum Gasteiger partial charge on any atom is -0.481 e. The molecule has 0 amide bonds. The van der Waals surface area contributed by atoms with Gasteiger partial charge in [0.2, 0.25) is 0 Å². The standard InChI is InChI=1S/C13H10O6/c14-11(15)6-8(12(16)17)9-5-7-3-1-2-4-10(7)19-13(9)18/h1-5,8H,6H2,(H,14,15)(H,16,17). The van der Waals surface area contributed by atoms with Gasteiger partial charge in [-0.3, -0.25) is 9.59 Å². The molecular weight excluding hydrogens is 252 g/mol. The first-order valence-corrected chi connectivity index (χ1v) is 5.46. The van der Waals surface area contributed by atoms with Crippen LogP contribution in [0, 0.1) is 0 Å². The highest BCUT2D eigenvalue weighted by molar-refractivity contribution is 5.84. The summed E-state index contributed by atoms with van der Waals surface area (Å²) >= 11 is 0. The highest BCUT2D eigenvalue weighted by atomic mass is 16.4. The lowest BCUT2D eigenvalue weighted by Gasteiger charge is -2.09. The predicted molar refractivity (Wildman–Crippen MR) is 65.1 cm³/mol. The third kappa shape index (κ3) is 2.62. The van der Waals surface area contributed by atoms with Crippen molar-refractivity contribution in [3.63, 3.8) is 0 Å². The topological polar surface area (TPSA) is 105 Å². The lowest BCUT2D eigenvalue weighted by Crippen LogP contribution is -2.22. The summed E-state index contributed by atoms with van der Waals surface area (Å²) in [7, 11) is 0. The van der Waals surface area contributed by atoms with Crippen LogP contribution >= 0.6 is 0 Å². The van der Waals surface area contributed by atoms with Crippen LogP contribution in [0.1, 0.15) is 17.9 Å². The van der Waals surface area contributed by atoms with Gasteiger partial charge >= 0.3 is 17.6 Å². The molecular formula is C13H10O6. The number of carboxylic acid groups (broad SMARTS) is 2. The van der Waals surface area contributed by atoms with Crippen LogP contribution in [-0.4, -0.2) is 22.2 Å². The number of carboxylic acids is 2. The summed E-state index contributed by atoms with van der Waals surface area (Å²) in [5.41, 5.74) is -0.656. The van der Waals surface area contributed by atoms with Gasteiger partial charge in [0.05, 0.1) is 17.9 Å². The van der Waals surface area contributed by atoms with Gasteiger partial charge in [0, 0.05) is 5.39 Å². The van der Waals surface area contributed by atoms with Gasteiger partial charge in [-0.2, -0.15) is 0 Å². The number of para-hydroxylation sites is 1. The average Bonchev–Trinajstić information content (AvgIpc) is 2.35. The van der Waals surface area contributed by atoms with Crippen molar-refractivity contribution in [1.29, 1.82) is 0 Å².